The van der Waals surface area contributed by atoms with Crippen molar-refractivity contribution in [2.24, 2.45) is 5.92 Å². The van der Waals surface area contributed by atoms with Gasteiger partial charge >= 0.3 is 5.97 Å². The van der Waals surface area contributed by atoms with Gasteiger partial charge in [-0.25, -0.2) is 4.79 Å². The van der Waals surface area contributed by atoms with Crippen LogP contribution in [-0.4, -0.2) is 30.0 Å². The molecular formula is C26H21NO5S. The molecular weight excluding hydrogens is 438 g/mol. The van der Waals surface area contributed by atoms with Crippen molar-refractivity contribution in [3.63, 3.8) is 0 Å². The second-order valence-corrected chi connectivity index (χ2v) is 9.63. The second kappa shape index (κ2) is 8.41. The van der Waals surface area contributed by atoms with Crippen molar-refractivity contribution in [2.75, 3.05) is 11.9 Å². The highest BCUT2D eigenvalue weighted by atomic mass is 32.1. The lowest BCUT2D eigenvalue weighted by Gasteiger charge is -2.18. The first-order valence-corrected chi connectivity index (χ1v) is 11.6. The summed E-state index contributed by atoms with van der Waals surface area (Å²) in [6.45, 7) is 1.76. The summed E-state index contributed by atoms with van der Waals surface area (Å²) in [5, 5.41) is 2.64. The highest BCUT2D eigenvalue weighted by Crippen LogP contribution is 2.32. The van der Waals surface area contributed by atoms with Gasteiger partial charge in [-0.1, -0.05) is 31.2 Å². The van der Waals surface area contributed by atoms with Crippen LogP contribution in [0.1, 0.15) is 65.3 Å². The molecule has 2 aliphatic rings. The van der Waals surface area contributed by atoms with E-state index < -0.39 is 18.5 Å². The maximum Gasteiger partial charge on any atom is 0.348 e. The normalized spacial score (nSPS) is 16.5. The van der Waals surface area contributed by atoms with Crippen LogP contribution < -0.4 is 5.32 Å². The standard InChI is InChI=1S/C26H21NO5S/c1-14-6-9-21-15(10-14)11-22(33-21)26(31)32-13-23(28)27-16-7-8-19-20(12-16)25(30)18-5-3-2-4-17(18)24(19)29/h2-5,7-8,11-12,14H,6,9-10,13H2,1H3,(H,27,28)/t14-/m0/s1. The Balaban J connectivity index is 1.24. The fourth-order valence-corrected chi connectivity index (χ4v) is 5.49. The van der Waals surface area contributed by atoms with E-state index in [1.807, 2.05) is 6.07 Å². The molecule has 6 nitrogen and oxygen atoms in total. The fraction of sp³-hybridized carbons (Fsp3) is 0.231. The minimum absolute atomic E-state index is 0.222. The van der Waals surface area contributed by atoms with Gasteiger partial charge in [-0.15, -0.1) is 11.3 Å². The van der Waals surface area contributed by atoms with Crippen molar-refractivity contribution in [3.05, 3.63) is 86.1 Å². The fourth-order valence-electron chi connectivity index (χ4n) is 4.38. The monoisotopic (exact) mass is 459 g/mol. The van der Waals surface area contributed by atoms with Crippen LogP contribution >= 0.6 is 11.3 Å². The highest BCUT2D eigenvalue weighted by Gasteiger charge is 2.29. The third-order valence-electron chi connectivity index (χ3n) is 6.07. The van der Waals surface area contributed by atoms with Crippen molar-refractivity contribution < 1.29 is 23.9 Å². The van der Waals surface area contributed by atoms with Crippen molar-refractivity contribution >= 4 is 40.5 Å². The Hall–Kier alpha value is -3.58. The Morgan fingerprint density at radius 3 is 2.45 bits per heavy atom. The molecule has 0 spiro atoms. The molecule has 1 N–H and O–H groups in total. The second-order valence-electron chi connectivity index (χ2n) is 8.50. The van der Waals surface area contributed by atoms with Crippen molar-refractivity contribution in [1.29, 1.82) is 0 Å². The number of ketones is 2. The molecule has 1 atom stereocenters. The van der Waals surface area contributed by atoms with Crippen molar-refractivity contribution in [1.82, 2.24) is 0 Å². The van der Waals surface area contributed by atoms with E-state index in [9.17, 15) is 19.2 Å². The van der Waals surface area contributed by atoms with E-state index in [4.69, 9.17) is 4.74 Å². The Morgan fingerprint density at radius 2 is 1.70 bits per heavy atom. The van der Waals surface area contributed by atoms with Gasteiger partial charge in [-0.2, -0.15) is 0 Å². The van der Waals surface area contributed by atoms with Crippen LogP contribution in [0.3, 0.4) is 0 Å². The molecule has 0 fully saturated rings. The number of nitrogens with one attached hydrogen (secondary N) is 1. The molecule has 33 heavy (non-hydrogen) atoms. The number of benzene rings is 2. The Labute approximate surface area is 194 Å². The van der Waals surface area contributed by atoms with Gasteiger partial charge in [0.05, 0.1) is 0 Å². The molecule has 0 saturated carbocycles. The number of fused-ring (bicyclic) bond motifs is 3. The summed E-state index contributed by atoms with van der Waals surface area (Å²) in [6, 6.07) is 13.1. The van der Waals surface area contributed by atoms with E-state index in [1.54, 1.807) is 30.3 Å². The molecule has 0 aliphatic heterocycles. The molecule has 1 aromatic heterocycles. The van der Waals surface area contributed by atoms with Gasteiger partial charge < -0.3 is 10.1 Å². The predicted molar refractivity (Wildman–Crippen MR) is 124 cm³/mol. The zero-order valence-corrected chi connectivity index (χ0v) is 18.8. The third kappa shape index (κ3) is 4.00. The van der Waals surface area contributed by atoms with E-state index >= 15 is 0 Å². The molecule has 1 amide bonds. The molecule has 0 bridgehead atoms. The minimum atomic E-state index is -0.520. The number of hydrogen-bond donors (Lipinski definition) is 1. The van der Waals surface area contributed by atoms with Gasteiger partial charge in [0.25, 0.3) is 5.91 Å². The van der Waals surface area contributed by atoms with E-state index in [2.05, 4.69) is 12.2 Å². The van der Waals surface area contributed by atoms with E-state index in [-0.39, 0.29) is 17.1 Å². The lowest BCUT2D eigenvalue weighted by molar-refractivity contribution is -0.119. The lowest BCUT2D eigenvalue weighted by Crippen LogP contribution is -2.23. The smallest absolute Gasteiger partial charge is 0.348 e. The molecule has 0 radical (unpaired) electrons. The van der Waals surface area contributed by atoms with Crippen LogP contribution in [0.15, 0.2) is 48.5 Å². The van der Waals surface area contributed by atoms with Gasteiger partial charge in [0.1, 0.15) is 4.88 Å². The number of rotatable bonds is 4. The molecule has 166 valence electrons. The van der Waals surface area contributed by atoms with Gasteiger partial charge in [-0.05, 0) is 55.0 Å². The number of aryl methyl sites for hydroxylation is 1. The summed E-state index contributed by atoms with van der Waals surface area (Å²) in [4.78, 5) is 52.0. The van der Waals surface area contributed by atoms with Crippen LogP contribution in [0.25, 0.3) is 0 Å². The molecule has 3 aromatic rings. The predicted octanol–water partition coefficient (Wildman–Crippen LogP) is 4.44. The minimum Gasteiger partial charge on any atom is -0.451 e. The Bertz CT molecular complexity index is 1320. The first-order chi connectivity index (χ1) is 15.9. The number of esters is 1. The van der Waals surface area contributed by atoms with E-state index in [1.165, 1.54) is 33.9 Å². The van der Waals surface area contributed by atoms with Crippen molar-refractivity contribution in [3.8, 4) is 0 Å². The molecule has 1 heterocycles. The molecule has 2 aromatic carbocycles. The maximum atomic E-state index is 12.8. The average Bonchev–Trinajstić information content (AvgIpc) is 3.24. The first kappa shape index (κ1) is 21.3. The number of carbonyl (C=O) groups is 4. The number of amides is 1. The molecule has 2 aliphatic carbocycles. The number of thiophene rings is 1. The maximum absolute atomic E-state index is 12.8. The quantitative estimate of drug-likeness (QED) is 0.456. The zero-order valence-electron chi connectivity index (χ0n) is 18.0. The molecule has 0 saturated heterocycles. The summed E-state index contributed by atoms with van der Waals surface area (Å²) in [5.74, 6) is -0.916. The number of ether oxygens (including phenoxy) is 1. The third-order valence-corrected chi connectivity index (χ3v) is 7.29. The van der Waals surface area contributed by atoms with E-state index in [0.717, 1.165) is 19.3 Å². The van der Waals surface area contributed by atoms with E-state index in [0.29, 0.717) is 33.2 Å². The highest BCUT2D eigenvalue weighted by molar-refractivity contribution is 7.14. The van der Waals surface area contributed by atoms with Crippen molar-refractivity contribution in [2.45, 2.75) is 26.2 Å². The van der Waals surface area contributed by atoms with Crippen LogP contribution in [0, 0.1) is 5.92 Å². The van der Waals surface area contributed by atoms with Gasteiger partial charge in [0.15, 0.2) is 18.2 Å². The lowest BCUT2D eigenvalue weighted by atomic mass is 9.84. The average molecular weight is 460 g/mol. The summed E-state index contributed by atoms with van der Waals surface area (Å²) < 4.78 is 5.20. The molecule has 5 rings (SSSR count). The first-order valence-electron chi connectivity index (χ1n) is 10.8. The Morgan fingerprint density at radius 1 is 1.00 bits per heavy atom. The van der Waals surface area contributed by atoms with Gasteiger partial charge in [-0.3, -0.25) is 14.4 Å². The summed E-state index contributed by atoms with van der Waals surface area (Å²) in [5.41, 5.74) is 2.83. The zero-order chi connectivity index (χ0) is 23.1. The number of anilines is 1. The summed E-state index contributed by atoms with van der Waals surface area (Å²) in [6.07, 6.45) is 3.05. The largest absolute Gasteiger partial charge is 0.451 e. The van der Waals surface area contributed by atoms with Crippen LogP contribution in [0.4, 0.5) is 5.69 Å². The van der Waals surface area contributed by atoms with Crippen LogP contribution in [0.2, 0.25) is 0 Å². The van der Waals surface area contributed by atoms with Gasteiger partial charge in [0.2, 0.25) is 0 Å². The molecule has 7 heteroatoms. The van der Waals surface area contributed by atoms with Gasteiger partial charge in [0, 0.05) is 32.8 Å². The Kier molecular flexibility index (Phi) is 5.42. The molecule has 0 unspecified atom stereocenters. The van der Waals surface area contributed by atoms with Crippen LogP contribution in [0.5, 0.6) is 0 Å². The topological polar surface area (TPSA) is 89.5 Å². The summed E-state index contributed by atoms with van der Waals surface area (Å²) in [7, 11) is 0. The van der Waals surface area contributed by atoms with Crippen LogP contribution in [-0.2, 0) is 22.4 Å². The number of hydrogen-bond acceptors (Lipinski definition) is 6. The summed E-state index contributed by atoms with van der Waals surface area (Å²) >= 11 is 1.44. The number of carbonyl (C=O) groups excluding carboxylic acids is 4. The SMILES string of the molecule is C[C@H]1CCc2sc(C(=O)OCC(=O)Nc3ccc4c(c3)C(=O)c3ccccc3C4=O)cc2C1.